The first-order valence-electron chi connectivity index (χ1n) is 20.1. The average molecular weight is 773 g/mol. The van der Waals surface area contributed by atoms with E-state index in [0.29, 0.717) is 0 Å². The zero-order chi connectivity index (χ0) is 39.0. The molecule has 3 nitrogen and oxygen atoms in total. The molecule has 0 aliphatic rings. The van der Waals surface area contributed by atoms with Crippen LogP contribution in [0.3, 0.4) is 0 Å². The van der Waals surface area contributed by atoms with Gasteiger partial charge < -0.3 is 14.2 Å². The van der Waals surface area contributed by atoms with Crippen LogP contribution in [0.1, 0.15) is 5.56 Å². The van der Waals surface area contributed by atoms with Crippen molar-refractivity contribution in [2.24, 2.45) is 0 Å². The number of furan rings is 1. The second-order valence-electron chi connectivity index (χ2n) is 15.4. The molecule has 0 radical (unpaired) electrons. The number of hydrogen-bond donors (Lipinski definition) is 0. The second-order valence-corrected chi connectivity index (χ2v) is 16.4. The van der Waals surface area contributed by atoms with Gasteiger partial charge in [-0.3, -0.25) is 0 Å². The van der Waals surface area contributed by atoms with E-state index in [2.05, 4.69) is 211 Å². The Hall–Kier alpha value is -7.40. The van der Waals surface area contributed by atoms with Crippen molar-refractivity contribution in [3.63, 3.8) is 0 Å². The lowest BCUT2D eigenvalue weighted by Crippen LogP contribution is -2.10. The molecule has 0 unspecified atom stereocenters. The van der Waals surface area contributed by atoms with Gasteiger partial charge in [0.25, 0.3) is 0 Å². The number of fused-ring (bicyclic) bond motifs is 12. The van der Waals surface area contributed by atoms with Crippen LogP contribution in [0.15, 0.2) is 205 Å². The molecule has 0 spiro atoms. The van der Waals surface area contributed by atoms with Crippen LogP contribution in [0, 0.1) is 6.92 Å². The highest BCUT2D eigenvalue weighted by atomic mass is 32.1. The van der Waals surface area contributed by atoms with Gasteiger partial charge in [-0.2, -0.15) is 0 Å². The highest BCUT2D eigenvalue weighted by Crippen LogP contribution is 2.50. The number of thiophene rings is 1. The Balaban J connectivity index is 1.14. The lowest BCUT2D eigenvalue weighted by molar-refractivity contribution is 0.669. The molecule has 4 heteroatoms. The fraction of sp³-hybridized carbons (Fsp3) is 0.0182. The smallest absolute Gasteiger partial charge is 0.135 e. The van der Waals surface area contributed by atoms with Crippen LogP contribution in [0.25, 0.3) is 74.4 Å². The lowest BCUT2D eigenvalue weighted by atomic mass is 9.94. The molecule has 278 valence electrons. The molecular weight excluding hydrogens is 737 g/mol. The minimum absolute atomic E-state index is 0.881. The van der Waals surface area contributed by atoms with Gasteiger partial charge in [0.05, 0.1) is 16.1 Å². The number of aryl methyl sites for hydroxylation is 1. The molecule has 10 aromatic carbocycles. The molecule has 12 aromatic rings. The van der Waals surface area contributed by atoms with E-state index in [1.165, 1.54) is 58.1 Å². The third-order valence-electron chi connectivity index (χ3n) is 11.8. The number of nitrogens with zero attached hydrogens (tertiary/aromatic N) is 2. The van der Waals surface area contributed by atoms with Crippen molar-refractivity contribution in [1.29, 1.82) is 0 Å². The summed E-state index contributed by atoms with van der Waals surface area (Å²) < 4.78 is 8.83. The number of rotatable bonds is 6. The summed E-state index contributed by atoms with van der Waals surface area (Å²) >= 11 is 1.86. The topological polar surface area (TPSA) is 19.6 Å². The molecule has 0 atom stereocenters. The van der Waals surface area contributed by atoms with E-state index < -0.39 is 0 Å². The molecule has 0 fully saturated rings. The first-order valence-corrected chi connectivity index (χ1v) is 20.9. The molecule has 0 saturated heterocycles. The van der Waals surface area contributed by atoms with Crippen molar-refractivity contribution in [3.8, 4) is 0 Å². The van der Waals surface area contributed by atoms with E-state index in [0.717, 1.165) is 56.1 Å². The summed E-state index contributed by atoms with van der Waals surface area (Å²) in [5, 5.41) is 12.2. The van der Waals surface area contributed by atoms with Crippen molar-refractivity contribution >= 4 is 120 Å². The molecule has 2 aromatic heterocycles. The Morgan fingerprint density at radius 3 is 1.64 bits per heavy atom. The van der Waals surface area contributed by atoms with Gasteiger partial charge >= 0.3 is 0 Å². The molecule has 0 bridgehead atoms. The third kappa shape index (κ3) is 5.34. The predicted octanol–water partition coefficient (Wildman–Crippen LogP) is 16.7. The van der Waals surface area contributed by atoms with Crippen LogP contribution in [0.5, 0.6) is 0 Å². The van der Waals surface area contributed by atoms with Gasteiger partial charge in [0.2, 0.25) is 0 Å². The Morgan fingerprint density at radius 1 is 0.356 bits per heavy atom. The third-order valence-corrected chi connectivity index (χ3v) is 13.0. The van der Waals surface area contributed by atoms with Crippen molar-refractivity contribution in [2.75, 3.05) is 9.80 Å². The quantitative estimate of drug-likeness (QED) is 0.157. The van der Waals surface area contributed by atoms with E-state index in [9.17, 15) is 0 Å². The highest BCUT2D eigenvalue weighted by Gasteiger charge is 2.24. The Kier molecular flexibility index (Phi) is 7.62. The molecule has 12 rings (SSSR count). The fourth-order valence-corrected chi connectivity index (χ4v) is 10.5. The molecule has 0 aliphatic heterocycles. The minimum Gasteiger partial charge on any atom is -0.456 e. The van der Waals surface area contributed by atoms with Gasteiger partial charge in [0.15, 0.2) is 0 Å². The SMILES string of the molecule is Cc1cccc(N(c2ccccc2)c2cccc3c2sc2cccc(N(c4ccc5oc6ccccc6c5c4)c4ccc5c6ccccc6c6ccccc6c5c4)c23)c1. The molecule has 0 aliphatic carbocycles. The summed E-state index contributed by atoms with van der Waals surface area (Å²) in [4.78, 5) is 4.86. The van der Waals surface area contributed by atoms with Crippen LogP contribution in [0.2, 0.25) is 0 Å². The van der Waals surface area contributed by atoms with Crippen LogP contribution >= 0.6 is 11.3 Å². The minimum atomic E-state index is 0.881. The average Bonchev–Trinajstić information content (AvgIpc) is 3.86. The van der Waals surface area contributed by atoms with Crippen molar-refractivity contribution in [3.05, 3.63) is 206 Å². The summed E-state index contributed by atoms with van der Waals surface area (Å²) in [5.41, 5.74) is 9.72. The summed E-state index contributed by atoms with van der Waals surface area (Å²) in [7, 11) is 0. The van der Waals surface area contributed by atoms with E-state index >= 15 is 0 Å². The first-order chi connectivity index (χ1) is 29.2. The maximum Gasteiger partial charge on any atom is 0.135 e. The van der Waals surface area contributed by atoms with E-state index in [4.69, 9.17) is 4.42 Å². The highest BCUT2D eigenvalue weighted by molar-refractivity contribution is 7.26. The van der Waals surface area contributed by atoms with Gasteiger partial charge in [0.1, 0.15) is 11.2 Å². The number of benzene rings is 10. The van der Waals surface area contributed by atoms with E-state index in [1.54, 1.807) is 0 Å². The lowest BCUT2D eigenvalue weighted by Gasteiger charge is -2.27. The molecule has 2 heterocycles. The van der Waals surface area contributed by atoms with Crippen LogP contribution in [-0.4, -0.2) is 0 Å². The first kappa shape index (κ1) is 33.7. The molecule has 0 N–H and O–H groups in total. The number of para-hydroxylation sites is 2. The van der Waals surface area contributed by atoms with Gasteiger partial charge in [-0.25, -0.2) is 0 Å². The summed E-state index contributed by atoms with van der Waals surface area (Å²) in [5.74, 6) is 0. The van der Waals surface area contributed by atoms with Crippen molar-refractivity contribution < 1.29 is 4.42 Å². The Bertz CT molecular complexity index is 3570. The maximum absolute atomic E-state index is 6.36. The van der Waals surface area contributed by atoms with Crippen molar-refractivity contribution in [1.82, 2.24) is 0 Å². The number of anilines is 6. The monoisotopic (exact) mass is 772 g/mol. The summed E-state index contributed by atoms with van der Waals surface area (Å²) in [6.07, 6.45) is 0. The Morgan fingerprint density at radius 2 is 0.881 bits per heavy atom. The maximum atomic E-state index is 6.36. The Labute approximate surface area is 345 Å². The largest absolute Gasteiger partial charge is 0.456 e. The normalized spacial score (nSPS) is 11.8. The van der Waals surface area contributed by atoms with Crippen molar-refractivity contribution in [2.45, 2.75) is 6.92 Å². The molecule has 0 saturated carbocycles. The van der Waals surface area contributed by atoms with Crippen LogP contribution in [0.4, 0.5) is 34.1 Å². The second kappa shape index (κ2) is 13.3. The summed E-state index contributed by atoms with van der Waals surface area (Å²) in [6, 6.07) is 72.7. The zero-order valence-electron chi connectivity index (χ0n) is 32.3. The van der Waals surface area contributed by atoms with E-state index in [1.807, 2.05) is 17.4 Å². The van der Waals surface area contributed by atoms with Crippen LogP contribution < -0.4 is 9.80 Å². The van der Waals surface area contributed by atoms with Gasteiger partial charge in [-0.15, -0.1) is 11.3 Å². The zero-order valence-corrected chi connectivity index (χ0v) is 33.1. The summed E-state index contributed by atoms with van der Waals surface area (Å²) in [6.45, 7) is 2.16. The molecular formula is C55H36N2OS. The van der Waals surface area contributed by atoms with Gasteiger partial charge in [0, 0.05) is 49.0 Å². The van der Waals surface area contributed by atoms with Gasteiger partial charge in [-0.1, -0.05) is 121 Å². The standard InChI is InChI=1S/C55H36N2OS/c1-35-14-11-17-37(32-35)56(36-15-3-2-4-16-36)50-25-12-23-46-54-49(24-13-27-53(54)59-55(46)50)57(39-29-31-52-48(34-39)45-22-9-10-26-51(45)58-52)38-28-30-44-42-20-6-5-18-40(42)41-19-7-8-21-43(41)47(44)33-38/h2-34H,1H3. The van der Waals surface area contributed by atoms with E-state index in [-0.39, 0.29) is 0 Å². The van der Waals surface area contributed by atoms with Gasteiger partial charge in [-0.05, 0) is 124 Å². The molecule has 59 heavy (non-hydrogen) atoms. The predicted molar refractivity (Wildman–Crippen MR) is 253 cm³/mol. The van der Waals surface area contributed by atoms with Crippen LogP contribution in [-0.2, 0) is 0 Å². The molecule has 0 amide bonds. The fourth-order valence-electron chi connectivity index (χ4n) is 9.26. The number of hydrogen-bond acceptors (Lipinski definition) is 4.